The minimum absolute atomic E-state index is 0.173. The Kier molecular flexibility index (Phi) is 6.47. The first-order chi connectivity index (χ1) is 17.5. The van der Waals surface area contributed by atoms with Gasteiger partial charge in [-0.05, 0) is 44.2 Å². The van der Waals surface area contributed by atoms with Gasteiger partial charge in [-0.25, -0.2) is 14.3 Å². The van der Waals surface area contributed by atoms with Gasteiger partial charge in [0, 0.05) is 42.1 Å². The number of H-pyrrole nitrogens is 1. The number of halogens is 1. The summed E-state index contributed by atoms with van der Waals surface area (Å²) in [5, 5.41) is 10.3. The molecule has 186 valence electrons. The number of anilines is 1. The van der Waals surface area contributed by atoms with E-state index in [1.807, 2.05) is 42.7 Å². The number of pyridine rings is 1. The van der Waals surface area contributed by atoms with Crippen LogP contribution in [0, 0.1) is 12.7 Å². The summed E-state index contributed by atoms with van der Waals surface area (Å²) >= 11 is 1.37. The highest BCUT2D eigenvalue weighted by Gasteiger charge is 2.19. The lowest BCUT2D eigenvalue weighted by molar-refractivity contribution is 0.342. The first-order valence-corrected chi connectivity index (χ1v) is 12.1. The molecule has 1 aromatic carbocycles. The van der Waals surface area contributed by atoms with Crippen LogP contribution >= 0.6 is 11.3 Å². The number of hydrogen-bond acceptors (Lipinski definition) is 8. The summed E-state index contributed by atoms with van der Waals surface area (Å²) in [6, 6.07) is 10.7. The molecular weight excluding hydrogens is 485 g/mol. The molecule has 4 aromatic heterocycles. The summed E-state index contributed by atoms with van der Waals surface area (Å²) in [5.74, 6) is 0.482. The SMILES string of the molecule is CCOc1cc(-c2cc(NCCn3c(C)cc4c(OC)ccc(F)c43)ccn2)sc1-c1n[nH]c(=O)o1. The number of aryl methyl sites for hydroxylation is 1. The second-order valence-electron chi connectivity index (χ2n) is 7.96. The molecule has 4 heterocycles. The monoisotopic (exact) mass is 509 g/mol. The maximum Gasteiger partial charge on any atom is 0.434 e. The van der Waals surface area contributed by atoms with Gasteiger partial charge >= 0.3 is 5.76 Å². The number of benzene rings is 1. The maximum absolute atomic E-state index is 14.6. The Balaban J connectivity index is 1.36. The lowest BCUT2D eigenvalue weighted by Gasteiger charge is -2.12. The Labute approximate surface area is 209 Å². The Hall–Kier alpha value is -4.12. The molecule has 0 amide bonds. The van der Waals surface area contributed by atoms with Crippen molar-refractivity contribution in [1.29, 1.82) is 0 Å². The fourth-order valence-corrected chi connectivity index (χ4v) is 5.13. The van der Waals surface area contributed by atoms with Crippen molar-refractivity contribution < 1.29 is 18.3 Å². The third-order valence-corrected chi connectivity index (χ3v) is 6.83. The Morgan fingerprint density at radius 3 is 2.83 bits per heavy atom. The molecule has 0 fully saturated rings. The number of ether oxygens (including phenoxy) is 2. The molecule has 0 saturated heterocycles. The van der Waals surface area contributed by atoms with Crippen LogP contribution < -0.4 is 20.5 Å². The number of fused-ring (bicyclic) bond motifs is 1. The molecule has 0 spiro atoms. The van der Waals surface area contributed by atoms with E-state index in [4.69, 9.17) is 13.9 Å². The fraction of sp³-hybridized carbons (Fsp3) is 0.240. The van der Waals surface area contributed by atoms with Gasteiger partial charge in [0.05, 0.1) is 29.8 Å². The van der Waals surface area contributed by atoms with Gasteiger partial charge in [-0.15, -0.1) is 16.4 Å². The number of aromatic amines is 1. The second kappa shape index (κ2) is 9.86. The topological polar surface area (TPSA) is 107 Å². The standard InChI is InChI=1S/C25H24FN5O4S/c1-4-34-20-13-21(36-23(20)24-29-30-25(32)35-24)18-12-15(7-8-28-18)27-9-10-31-14(2)11-16-19(33-3)6-5-17(26)22(16)31/h5-8,11-13H,4,9-10H2,1-3H3,(H,27,28)(H,30,32). The maximum atomic E-state index is 14.6. The van der Waals surface area contributed by atoms with Gasteiger partial charge in [-0.2, -0.15) is 0 Å². The molecular formula is C25H24FN5O4S. The van der Waals surface area contributed by atoms with Gasteiger partial charge < -0.3 is 23.8 Å². The van der Waals surface area contributed by atoms with Gasteiger partial charge in [0.25, 0.3) is 5.89 Å². The van der Waals surface area contributed by atoms with Crippen molar-refractivity contribution in [3.63, 3.8) is 0 Å². The first-order valence-electron chi connectivity index (χ1n) is 11.3. The summed E-state index contributed by atoms with van der Waals surface area (Å²) in [6.07, 6.45) is 1.72. The van der Waals surface area contributed by atoms with E-state index in [1.54, 1.807) is 19.4 Å². The Morgan fingerprint density at radius 2 is 2.08 bits per heavy atom. The predicted octanol–water partition coefficient (Wildman–Crippen LogP) is 5.08. The number of methoxy groups -OCH3 is 1. The van der Waals surface area contributed by atoms with Crippen molar-refractivity contribution in [2.45, 2.75) is 20.4 Å². The van der Waals surface area contributed by atoms with Gasteiger partial charge in [-0.3, -0.25) is 4.98 Å². The van der Waals surface area contributed by atoms with Crippen LogP contribution in [0.3, 0.4) is 0 Å². The molecule has 36 heavy (non-hydrogen) atoms. The van der Waals surface area contributed by atoms with Crippen LogP contribution in [-0.2, 0) is 6.54 Å². The highest BCUT2D eigenvalue weighted by Crippen LogP contribution is 2.41. The minimum Gasteiger partial charge on any atom is -0.496 e. The average molecular weight is 510 g/mol. The summed E-state index contributed by atoms with van der Waals surface area (Å²) in [5.41, 5.74) is 3.08. The molecule has 0 atom stereocenters. The third-order valence-electron chi connectivity index (χ3n) is 5.70. The van der Waals surface area contributed by atoms with E-state index in [0.717, 1.165) is 27.3 Å². The molecule has 0 saturated carbocycles. The minimum atomic E-state index is -0.629. The van der Waals surface area contributed by atoms with Crippen molar-refractivity contribution in [3.05, 3.63) is 64.7 Å². The number of aromatic nitrogens is 4. The molecule has 9 nitrogen and oxygen atoms in total. The van der Waals surface area contributed by atoms with Crippen LogP contribution in [0.2, 0.25) is 0 Å². The van der Waals surface area contributed by atoms with Gasteiger partial charge in [0.1, 0.15) is 22.2 Å². The molecule has 0 bridgehead atoms. The molecule has 0 radical (unpaired) electrons. The van der Waals surface area contributed by atoms with E-state index < -0.39 is 5.76 Å². The summed E-state index contributed by atoms with van der Waals surface area (Å²) in [7, 11) is 1.58. The van der Waals surface area contributed by atoms with Crippen LogP contribution in [0.1, 0.15) is 12.6 Å². The van der Waals surface area contributed by atoms with E-state index >= 15 is 0 Å². The van der Waals surface area contributed by atoms with E-state index in [9.17, 15) is 9.18 Å². The van der Waals surface area contributed by atoms with E-state index in [2.05, 4.69) is 20.5 Å². The van der Waals surface area contributed by atoms with E-state index in [-0.39, 0.29) is 11.7 Å². The van der Waals surface area contributed by atoms with Crippen LogP contribution in [0.25, 0.3) is 32.2 Å². The zero-order chi connectivity index (χ0) is 25.2. The zero-order valence-corrected chi connectivity index (χ0v) is 20.7. The van der Waals surface area contributed by atoms with Crippen LogP contribution in [-0.4, -0.2) is 40.0 Å². The fourth-order valence-electron chi connectivity index (χ4n) is 4.13. The Bertz CT molecular complexity index is 1590. The lowest BCUT2D eigenvalue weighted by Crippen LogP contribution is -2.12. The quantitative estimate of drug-likeness (QED) is 0.285. The van der Waals surface area contributed by atoms with Crippen LogP contribution in [0.15, 0.2) is 51.8 Å². The summed E-state index contributed by atoms with van der Waals surface area (Å²) in [6.45, 7) is 5.42. The van der Waals surface area contributed by atoms with Crippen molar-refractivity contribution in [3.8, 4) is 32.8 Å². The van der Waals surface area contributed by atoms with Gasteiger partial charge in [0.15, 0.2) is 0 Å². The molecule has 0 aliphatic carbocycles. The highest BCUT2D eigenvalue weighted by atomic mass is 32.1. The zero-order valence-electron chi connectivity index (χ0n) is 19.9. The molecule has 0 aliphatic heterocycles. The largest absolute Gasteiger partial charge is 0.496 e. The van der Waals surface area contributed by atoms with Crippen molar-refractivity contribution in [2.24, 2.45) is 0 Å². The molecule has 5 rings (SSSR count). The molecule has 0 unspecified atom stereocenters. The number of thiophene rings is 1. The molecule has 5 aromatic rings. The Morgan fingerprint density at radius 1 is 1.22 bits per heavy atom. The van der Waals surface area contributed by atoms with Crippen LogP contribution in [0.5, 0.6) is 11.5 Å². The average Bonchev–Trinajstić information content (AvgIpc) is 3.57. The smallest absolute Gasteiger partial charge is 0.434 e. The van der Waals surface area contributed by atoms with E-state index in [1.165, 1.54) is 17.4 Å². The predicted molar refractivity (Wildman–Crippen MR) is 137 cm³/mol. The number of hydrogen-bond donors (Lipinski definition) is 2. The van der Waals surface area contributed by atoms with Crippen molar-refractivity contribution in [2.75, 3.05) is 25.6 Å². The number of nitrogens with zero attached hydrogens (tertiary/aromatic N) is 3. The normalized spacial score (nSPS) is 11.2. The highest BCUT2D eigenvalue weighted by molar-refractivity contribution is 7.19. The summed E-state index contributed by atoms with van der Waals surface area (Å²) < 4.78 is 32.8. The van der Waals surface area contributed by atoms with Crippen LogP contribution in [0.4, 0.5) is 10.1 Å². The lowest BCUT2D eigenvalue weighted by atomic mass is 10.2. The first kappa shape index (κ1) is 23.6. The second-order valence-corrected chi connectivity index (χ2v) is 9.01. The summed E-state index contributed by atoms with van der Waals surface area (Å²) in [4.78, 5) is 17.4. The van der Waals surface area contributed by atoms with Crippen molar-refractivity contribution in [1.82, 2.24) is 19.7 Å². The number of nitrogens with one attached hydrogen (secondary N) is 2. The molecule has 11 heteroatoms. The third kappa shape index (κ3) is 4.44. The van der Waals surface area contributed by atoms with Gasteiger partial charge in [0.2, 0.25) is 0 Å². The van der Waals surface area contributed by atoms with Crippen molar-refractivity contribution >= 4 is 27.9 Å². The molecule has 0 aliphatic rings. The molecule has 2 N–H and O–H groups in total. The van der Waals surface area contributed by atoms with E-state index in [0.29, 0.717) is 41.6 Å². The number of rotatable bonds is 9. The van der Waals surface area contributed by atoms with Gasteiger partial charge in [-0.1, -0.05) is 0 Å².